The smallest absolute Gasteiger partial charge is 0.0725 e. The molecule has 1 heteroatoms. The van der Waals surface area contributed by atoms with Gasteiger partial charge in [0, 0.05) is 11.9 Å². The molecule has 0 aromatic heterocycles. The van der Waals surface area contributed by atoms with E-state index in [-0.39, 0.29) is 5.41 Å². The predicted molar refractivity (Wildman–Crippen MR) is 219 cm³/mol. The molecule has 246 valence electrons. The Bertz CT molecular complexity index is 2320. The van der Waals surface area contributed by atoms with Crippen LogP contribution in [0.15, 0.2) is 189 Å². The van der Waals surface area contributed by atoms with Crippen LogP contribution in [0.4, 0.5) is 5.69 Å². The molecule has 0 amide bonds. The van der Waals surface area contributed by atoms with Crippen molar-refractivity contribution in [3.63, 3.8) is 0 Å². The summed E-state index contributed by atoms with van der Waals surface area (Å²) in [6.07, 6.45) is 19.2. The van der Waals surface area contributed by atoms with Crippen LogP contribution in [-0.4, -0.2) is 0 Å². The van der Waals surface area contributed by atoms with Crippen molar-refractivity contribution in [3.05, 3.63) is 222 Å². The highest BCUT2D eigenvalue weighted by molar-refractivity contribution is 5.99. The summed E-state index contributed by atoms with van der Waals surface area (Å²) in [5, 5.41) is 3.62. The third-order valence-corrected chi connectivity index (χ3v) is 10.2. The molecule has 0 atom stereocenters. The lowest BCUT2D eigenvalue weighted by Crippen LogP contribution is -2.25. The van der Waals surface area contributed by atoms with Gasteiger partial charge < -0.3 is 5.32 Å². The molecule has 6 aromatic carbocycles. The third kappa shape index (κ3) is 5.62. The minimum Gasteiger partial charge on any atom is -0.362 e. The lowest BCUT2D eigenvalue weighted by atomic mass is 9.70. The SMILES string of the molecule is C=C/C=C(\C=C/Nc1cc(/C=C/C=C\CCC)cc(-c2ccccc2)c1)c1cccc2c1-c1ccccc1C21c2ccccc2-c2ccccc21. The Morgan fingerprint density at radius 1 is 0.647 bits per heavy atom. The summed E-state index contributed by atoms with van der Waals surface area (Å²) >= 11 is 0. The van der Waals surface area contributed by atoms with E-state index < -0.39 is 0 Å². The Morgan fingerprint density at radius 2 is 1.29 bits per heavy atom. The van der Waals surface area contributed by atoms with Crippen LogP contribution in [-0.2, 0) is 5.41 Å². The first-order valence-electron chi connectivity index (χ1n) is 18.0. The van der Waals surface area contributed by atoms with E-state index in [9.17, 15) is 0 Å². The van der Waals surface area contributed by atoms with E-state index in [1.165, 1.54) is 61.2 Å². The van der Waals surface area contributed by atoms with Crippen molar-refractivity contribution in [2.45, 2.75) is 25.2 Å². The number of anilines is 1. The molecule has 2 aliphatic carbocycles. The van der Waals surface area contributed by atoms with Gasteiger partial charge in [-0.15, -0.1) is 0 Å². The minimum atomic E-state index is -0.371. The zero-order chi connectivity index (χ0) is 34.6. The van der Waals surface area contributed by atoms with Crippen LogP contribution in [0.3, 0.4) is 0 Å². The van der Waals surface area contributed by atoms with Crippen LogP contribution >= 0.6 is 0 Å². The van der Waals surface area contributed by atoms with Gasteiger partial charge in [-0.3, -0.25) is 0 Å². The second-order valence-electron chi connectivity index (χ2n) is 13.2. The largest absolute Gasteiger partial charge is 0.362 e. The van der Waals surface area contributed by atoms with Gasteiger partial charge in [-0.25, -0.2) is 0 Å². The number of hydrogen-bond acceptors (Lipinski definition) is 1. The number of unbranched alkanes of at least 4 members (excludes halogenated alkanes) is 1. The van der Waals surface area contributed by atoms with Gasteiger partial charge in [0.05, 0.1) is 5.41 Å². The van der Waals surface area contributed by atoms with Crippen LogP contribution in [0.25, 0.3) is 45.0 Å². The molecule has 1 nitrogen and oxygen atoms in total. The van der Waals surface area contributed by atoms with E-state index in [4.69, 9.17) is 0 Å². The van der Waals surface area contributed by atoms with Gasteiger partial charge >= 0.3 is 0 Å². The molecule has 51 heavy (non-hydrogen) atoms. The maximum atomic E-state index is 4.12. The third-order valence-electron chi connectivity index (χ3n) is 10.2. The average molecular weight is 656 g/mol. The van der Waals surface area contributed by atoms with Gasteiger partial charge in [-0.05, 0) is 103 Å². The lowest BCUT2D eigenvalue weighted by molar-refractivity contribution is 0.793. The summed E-state index contributed by atoms with van der Waals surface area (Å²) in [6.45, 7) is 6.32. The van der Waals surface area contributed by atoms with Crippen molar-refractivity contribution >= 4 is 17.3 Å². The van der Waals surface area contributed by atoms with Gasteiger partial charge in [0.25, 0.3) is 0 Å². The molecular formula is C50H41N. The van der Waals surface area contributed by atoms with Gasteiger partial charge in [-0.2, -0.15) is 0 Å². The minimum absolute atomic E-state index is 0.371. The summed E-state index contributed by atoms with van der Waals surface area (Å²) in [6, 6.07) is 51.0. The number of rotatable bonds is 10. The highest BCUT2D eigenvalue weighted by Crippen LogP contribution is 2.63. The lowest BCUT2D eigenvalue weighted by Gasteiger charge is -2.30. The standard InChI is InChI=1S/C50H41N/c1-3-5-6-7-9-20-36-33-39(37-21-10-8-11-22-37)35-40(34-36)51-32-31-38(19-4-2)41-26-18-30-48-49(41)44-25-14-17-29-47(44)50(48)45-27-15-12-23-42(45)43-24-13-16-28-46(43)50/h4,6-35,51H,2-3,5H2,1H3/b7-6-,20-9+,32-31-,38-19+. The second-order valence-corrected chi connectivity index (χ2v) is 13.2. The quantitative estimate of drug-likeness (QED) is 0.145. The van der Waals surface area contributed by atoms with E-state index in [0.29, 0.717) is 0 Å². The summed E-state index contributed by atoms with van der Waals surface area (Å²) in [4.78, 5) is 0. The first kappa shape index (κ1) is 32.0. The van der Waals surface area contributed by atoms with Gasteiger partial charge in [0.1, 0.15) is 0 Å². The van der Waals surface area contributed by atoms with Gasteiger partial charge in [-0.1, -0.05) is 178 Å². The number of fused-ring (bicyclic) bond motifs is 10. The van der Waals surface area contributed by atoms with Crippen LogP contribution in [0, 0.1) is 0 Å². The van der Waals surface area contributed by atoms with E-state index >= 15 is 0 Å². The normalized spacial score (nSPS) is 13.9. The second kappa shape index (κ2) is 14.0. The fourth-order valence-corrected chi connectivity index (χ4v) is 8.11. The monoisotopic (exact) mass is 655 g/mol. The molecular weight excluding hydrogens is 615 g/mol. The maximum Gasteiger partial charge on any atom is 0.0725 e. The summed E-state index contributed by atoms with van der Waals surface area (Å²) in [7, 11) is 0. The maximum absolute atomic E-state index is 4.12. The number of nitrogens with one attached hydrogen (secondary N) is 1. The summed E-state index contributed by atoms with van der Waals surface area (Å²) in [5.41, 5.74) is 17.0. The fraction of sp³-hybridized carbons (Fsp3) is 0.0800. The van der Waals surface area contributed by atoms with Crippen LogP contribution in [0.1, 0.15) is 53.1 Å². The zero-order valence-electron chi connectivity index (χ0n) is 29.0. The van der Waals surface area contributed by atoms with E-state index in [0.717, 1.165) is 29.7 Å². The molecule has 0 bridgehead atoms. The zero-order valence-corrected chi connectivity index (χ0v) is 29.0. The van der Waals surface area contributed by atoms with Crippen molar-refractivity contribution in [2.75, 3.05) is 5.32 Å². The van der Waals surface area contributed by atoms with Crippen molar-refractivity contribution in [2.24, 2.45) is 0 Å². The molecule has 0 saturated carbocycles. The Hall–Kier alpha value is -6.18. The first-order chi connectivity index (χ1) is 25.2. The number of hydrogen-bond donors (Lipinski definition) is 1. The number of benzene rings is 6. The first-order valence-corrected chi connectivity index (χ1v) is 18.0. The fourth-order valence-electron chi connectivity index (χ4n) is 8.11. The number of allylic oxidation sites excluding steroid dienone is 7. The molecule has 0 heterocycles. The molecule has 0 radical (unpaired) electrons. The molecule has 0 saturated heterocycles. The Labute approximate surface area is 302 Å². The Morgan fingerprint density at radius 3 is 2.00 bits per heavy atom. The highest BCUT2D eigenvalue weighted by atomic mass is 14.8. The Balaban J connectivity index is 1.20. The van der Waals surface area contributed by atoms with Crippen molar-refractivity contribution in [1.29, 1.82) is 0 Å². The van der Waals surface area contributed by atoms with Crippen molar-refractivity contribution in [1.82, 2.24) is 0 Å². The van der Waals surface area contributed by atoms with Crippen molar-refractivity contribution in [3.8, 4) is 33.4 Å². The molecule has 2 aliphatic rings. The summed E-state index contributed by atoms with van der Waals surface area (Å²) in [5.74, 6) is 0. The topological polar surface area (TPSA) is 12.0 Å². The highest BCUT2D eigenvalue weighted by Gasteiger charge is 2.51. The van der Waals surface area contributed by atoms with Crippen LogP contribution in [0.2, 0.25) is 0 Å². The summed E-state index contributed by atoms with van der Waals surface area (Å²) < 4.78 is 0. The van der Waals surface area contributed by atoms with Gasteiger partial charge in [0.2, 0.25) is 0 Å². The van der Waals surface area contributed by atoms with Gasteiger partial charge in [0.15, 0.2) is 0 Å². The van der Waals surface area contributed by atoms with E-state index in [1.807, 2.05) is 6.08 Å². The molecule has 0 unspecified atom stereocenters. The van der Waals surface area contributed by atoms with Crippen LogP contribution in [0.5, 0.6) is 0 Å². The van der Waals surface area contributed by atoms with E-state index in [2.05, 4.69) is 201 Å². The molecule has 1 N–H and O–H groups in total. The molecule has 1 spiro atoms. The Kier molecular flexibility index (Phi) is 8.78. The molecule has 8 rings (SSSR count). The molecule has 0 fully saturated rings. The predicted octanol–water partition coefficient (Wildman–Crippen LogP) is 13.3. The molecule has 6 aromatic rings. The van der Waals surface area contributed by atoms with Crippen LogP contribution < -0.4 is 5.32 Å². The van der Waals surface area contributed by atoms with E-state index in [1.54, 1.807) is 0 Å². The van der Waals surface area contributed by atoms with Crippen molar-refractivity contribution < 1.29 is 0 Å². The molecule has 0 aliphatic heterocycles. The average Bonchev–Trinajstić information content (AvgIpc) is 3.65.